The van der Waals surface area contributed by atoms with E-state index in [1.165, 1.54) is 5.69 Å². The number of nitrogens with zero attached hydrogens (tertiary/aromatic N) is 3. The maximum Gasteiger partial charge on any atom is 0.246 e. The van der Waals surface area contributed by atoms with Crippen molar-refractivity contribution in [2.24, 2.45) is 5.92 Å². The number of hydrogen-bond acceptors (Lipinski definition) is 4. The molecule has 0 spiro atoms. The van der Waals surface area contributed by atoms with E-state index in [0.29, 0.717) is 24.3 Å². The molecule has 2 rings (SSSR count). The van der Waals surface area contributed by atoms with E-state index < -0.39 is 0 Å². The van der Waals surface area contributed by atoms with Gasteiger partial charge in [-0.15, -0.1) is 0 Å². The molecule has 0 radical (unpaired) electrons. The van der Waals surface area contributed by atoms with Crippen LogP contribution in [-0.2, 0) is 13.1 Å². The van der Waals surface area contributed by atoms with Crippen molar-refractivity contribution in [1.82, 2.24) is 20.0 Å². The Morgan fingerprint density at radius 1 is 1.30 bits per heavy atom. The zero-order chi connectivity index (χ0) is 14.5. The molecule has 20 heavy (non-hydrogen) atoms. The zero-order valence-electron chi connectivity index (χ0n) is 12.8. The van der Waals surface area contributed by atoms with E-state index in [0.717, 1.165) is 18.9 Å². The fraction of sp³-hybridized carbons (Fsp3) is 0.600. The van der Waals surface area contributed by atoms with Crippen molar-refractivity contribution in [1.29, 1.82) is 0 Å². The van der Waals surface area contributed by atoms with Gasteiger partial charge in [-0.25, -0.2) is 0 Å². The van der Waals surface area contributed by atoms with Gasteiger partial charge in [-0.05, 0) is 24.6 Å². The number of hydrogen-bond donors (Lipinski definition) is 1. The first kappa shape index (κ1) is 14.8. The summed E-state index contributed by atoms with van der Waals surface area (Å²) in [7, 11) is 0. The third-order valence-electron chi connectivity index (χ3n) is 3.09. The van der Waals surface area contributed by atoms with E-state index >= 15 is 0 Å². The Hall–Kier alpha value is -1.62. The average Bonchev–Trinajstić information content (AvgIpc) is 2.99. The summed E-state index contributed by atoms with van der Waals surface area (Å²) in [5.74, 6) is 2.38. The summed E-state index contributed by atoms with van der Waals surface area (Å²) in [6.45, 7) is 11.0. The minimum Gasteiger partial charge on any atom is -0.341 e. The second kappa shape index (κ2) is 6.70. The Balaban J connectivity index is 1.97. The van der Waals surface area contributed by atoms with Gasteiger partial charge in [-0.1, -0.05) is 32.9 Å². The average molecular weight is 276 g/mol. The predicted molar refractivity (Wildman–Crippen MR) is 78.5 cm³/mol. The molecule has 0 unspecified atom stereocenters. The van der Waals surface area contributed by atoms with Crippen LogP contribution in [0.25, 0.3) is 0 Å². The van der Waals surface area contributed by atoms with Crippen LogP contribution in [0.1, 0.15) is 51.0 Å². The lowest BCUT2D eigenvalue weighted by molar-refractivity contribution is 0.363. The van der Waals surface area contributed by atoms with Crippen LogP contribution in [0.4, 0.5) is 0 Å². The quantitative estimate of drug-likeness (QED) is 0.845. The molecule has 0 saturated heterocycles. The Morgan fingerprint density at radius 3 is 2.75 bits per heavy atom. The van der Waals surface area contributed by atoms with Gasteiger partial charge in [0, 0.05) is 24.4 Å². The highest BCUT2D eigenvalue weighted by atomic mass is 16.5. The molecule has 0 fully saturated rings. The lowest BCUT2D eigenvalue weighted by Crippen LogP contribution is -2.21. The van der Waals surface area contributed by atoms with Crippen LogP contribution in [0.5, 0.6) is 0 Å². The molecule has 2 aromatic heterocycles. The summed E-state index contributed by atoms with van der Waals surface area (Å²) < 4.78 is 7.44. The van der Waals surface area contributed by atoms with Crippen LogP contribution in [-0.4, -0.2) is 21.3 Å². The summed E-state index contributed by atoms with van der Waals surface area (Å²) in [6, 6.07) is 4.17. The molecule has 0 aliphatic rings. The van der Waals surface area contributed by atoms with Crippen molar-refractivity contribution in [2.75, 3.05) is 6.54 Å². The summed E-state index contributed by atoms with van der Waals surface area (Å²) in [4.78, 5) is 4.42. The van der Waals surface area contributed by atoms with Crippen molar-refractivity contribution < 1.29 is 4.52 Å². The number of aromatic nitrogens is 3. The smallest absolute Gasteiger partial charge is 0.246 e. The first-order chi connectivity index (χ1) is 9.56. The van der Waals surface area contributed by atoms with Gasteiger partial charge in [-0.3, -0.25) is 0 Å². The number of rotatable bonds is 7. The minimum atomic E-state index is 0.296. The molecular formula is C15H24N4O. The maximum atomic E-state index is 5.29. The van der Waals surface area contributed by atoms with Gasteiger partial charge >= 0.3 is 0 Å². The SMILES string of the molecule is CC(C)CNCc1cccn1Cc1nc(C(C)C)no1. The van der Waals surface area contributed by atoms with Gasteiger partial charge in [0.2, 0.25) is 5.89 Å². The normalized spacial score (nSPS) is 11.7. The largest absolute Gasteiger partial charge is 0.341 e. The van der Waals surface area contributed by atoms with Gasteiger partial charge in [-0.2, -0.15) is 4.98 Å². The van der Waals surface area contributed by atoms with Crippen molar-refractivity contribution in [3.8, 4) is 0 Å². The van der Waals surface area contributed by atoms with Gasteiger partial charge in [0.05, 0.1) is 0 Å². The molecule has 0 aromatic carbocycles. The van der Waals surface area contributed by atoms with Crippen LogP contribution in [0.15, 0.2) is 22.9 Å². The monoisotopic (exact) mass is 276 g/mol. The van der Waals surface area contributed by atoms with E-state index in [2.05, 4.69) is 53.8 Å². The molecule has 0 bridgehead atoms. The molecule has 0 aliphatic heterocycles. The van der Waals surface area contributed by atoms with Crippen molar-refractivity contribution in [3.63, 3.8) is 0 Å². The Labute approximate surface area is 120 Å². The highest BCUT2D eigenvalue weighted by Crippen LogP contribution is 2.12. The summed E-state index contributed by atoms with van der Waals surface area (Å²) in [5, 5.41) is 7.45. The van der Waals surface area contributed by atoms with Crippen LogP contribution in [0, 0.1) is 5.92 Å². The Kier molecular flexibility index (Phi) is 4.95. The highest BCUT2D eigenvalue weighted by Gasteiger charge is 2.11. The van der Waals surface area contributed by atoms with Gasteiger partial charge in [0.15, 0.2) is 5.82 Å². The first-order valence-electron chi connectivity index (χ1n) is 7.23. The Bertz CT molecular complexity index is 527. The molecule has 2 aromatic rings. The van der Waals surface area contributed by atoms with E-state index in [1.807, 2.05) is 12.3 Å². The van der Waals surface area contributed by atoms with E-state index in [9.17, 15) is 0 Å². The predicted octanol–water partition coefficient (Wildman–Crippen LogP) is 2.79. The number of nitrogens with one attached hydrogen (secondary N) is 1. The molecular weight excluding hydrogens is 252 g/mol. The van der Waals surface area contributed by atoms with Crippen molar-refractivity contribution >= 4 is 0 Å². The van der Waals surface area contributed by atoms with Crippen LogP contribution in [0.2, 0.25) is 0 Å². The molecule has 5 heteroatoms. The summed E-state index contributed by atoms with van der Waals surface area (Å²) in [5.41, 5.74) is 1.23. The second-order valence-electron chi connectivity index (χ2n) is 5.85. The molecule has 1 N–H and O–H groups in total. The van der Waals surface area contributed by atoms with Gasteiger partial charge in [0.1, 0.15) is 6.54 Å². The fourth-order valence-electron chi connectivity index (χ4n) is 1.97. The van der Waals surface area contributed by atoms with E-state index in [-0.39, 0.29) is 0 Å². The Morgan fingerprint density at radius 2 is 2.10 bits per heavy atom. The lowest BCUT2D eigenvalue weighted by Gasteiger charge is -2.09. The van der Waals surface area contributed by atoms with Crippen LogP contribution >= 0.6 is 0 Å². The molecule has 0 saturated carbocycles. The third kappa shape index (κ3) is 3.93. The fourth-order valence-corrected chi connectivity index (χ4v) is 1.97. The first-order valence-corrected chi connectivity index (χ1v) is 7.23. The zero-order valence-corrected chi connectivity index (χ0v) is 12.8. The summed E-state index contributed by atoms with van der Waals surface area (Å²) in [6.07, 6.45) is 2.05. The molecule has 5 nitrogen and oxygen atoms in total. The molecule has 0 aliphatic carbocycles. The van der Waals surface area contributed by atoms with E-state index in [1.54, 1.807) is 0 Å². The lowest BCUT2D eigenvalue weighted by atomic mass is 10.2. The summed E-state index contributed by atoms with van der Waals surface area (Å²) >= 11 is 0. The van der Waals surface area contributed by atoms with Crippen molar-refractivity contribution in [2.45, 2.75) is 46.7 Å². The topological polar surface area (TPSA) is 55.9 Å². The third-order valence-corrected chi connectivity index (χ3v) is 3.09. The van der Waals surface area contributed by atoms with Gasteiger partial charge < -0.3 is 14.4 Å². The standard InChI is InChI=1S/C15H24N4O/c1-11(2)8-16-9-13-6-5-7-19(13)10-14-17-15(12(3)4)18-20-14/h5-7,11-12,16H,8-10H2,1-4H3. The van der Waals surface area contributed by atoms with Crippen molar-refractivity contribution in [3.05, 3.63) is 35.7 Å². The van der Waals surface area contributed by atoms with Crippen LogP contribution < -0.4 is 5.32 Å². The highest BCUT2D eigenvalue weighted by molar-refractivity contribution is 5.08. The van der Waals surface area contributed by atoms with Crippen LogP contribution in [0.3, 0.4) is 0 Å². The molecule has 0 amide bonds. The molecule has 2 heterocycles. The molecule has 110 valence electrons. The van der Waals surface area contributed by atoms with E-state index in [4.69, 9.17) is 4.52 Å². The second-order valence-corrected chi connectivity index (χ2v) is 5.85. The van der Waals surface area contributed by atoms with Gasteiger partial charge in [0.25, 0.3) is 0 Å². The maximum absolute atomic E-state index is 5.29. The molecule has 0 atom stereocenters. The minimum absolute atomic E-state index is 0.296.